The number of aryl methyl sites for hydroxylation is 1. The number of pyridine rings is 1. The minimum atomic E-state index is -0.953. The summed E-state index contributed by atoms with van der Waals surface area (Å²) in [6.07, 6.45) is 7.09. The van der Waals surface area contributed by atoms with Crippen molar-refractivity contribution in [2.75, 3.05) is 12.0 Å². The molecule has 0 aliphatic carbocycles. The summed E-state index contributed by atoms with van der Waals surface area (Å²) in [4.78, 5) is 8.69. The Hall–Kier alpha value is -3.11. The van der Waals surface area contributed by atoms with Crippen LogP contribution in [-0.4, -0.2) is 36.0 Å². The van der Waals surface area contributed by atoms with Crippen molar-refractivity contribution in [1.29, 1.82) is 0 Å². The summed E-state index contributed by atoms with van der Waals surface area (Å²) in [5, 5.41) is 4.70. The first-order valence-corrected chi connectivity index (χ1v) is 14.4. The van der Waals surface area contributed by atoms with Crippen LogP contribution in [0.25, 0.3) is 11.5 Å². The minimum absolute atomic E-state index is 0.0398. The van der Waals surface area contributed by atoms with E-state index in [0.29, 0.717) is 47.9 Å². The van der Waals surface area contributed by atoms with Crippen LogP contribution in [0.3, 0.4) is 0 Å². The molecule has 3 rings (SSSR count). The zero-order chi connectivity index (χ0) is 28.0. The number of nitrogens with zero attached hydrogens (tertiary/aromatic N) is 4. The maximum Gasteiger partial charge on any atom is 0.157 e. The first kappa shape index (κ1) is 29.4. The smallest absolute Gasteiger partial charge is 0.157 e. The number of hydrogen-bond donors (Lipinski definition) is 2. The lowest BCUT2D eigenvalue weighted by Crippen LogP contribution is -2.31. The molecule has 0 amide bonds. The van der Waals surface area contributed by atoms with Gasteiger partial charge in [0.1, 0.15) is 23.1 Å². The lowest BCUT2D eigenvalue weighted by molar-refractivity contribution is 0.522. The van der Waals surface area contributed by atoms with E-state index in [2.05, 4.69) is 15.1 Å². The van der Waals surface area contributed by atoms with Gasteiger partial charge in [0.05, 0.1) is 5.56 Å². The van der Waals surface area contributed by atoms with Crippen LogP contribution < -0.4 is 11.5 Å². The predicted octanol–water partition coefficient (Wildman–Crippen LogP) is 5.20. The van der Waals surface area contributed by atoms with Crippen molar-refractivity contribution in [2.45, 2.75) is 51.9 Å². The van der Waals surface area contributed by atoms with Crippen molar-refractivity contribution in [1.82, 2.24) is 19.7 Å². The lowest BCUT2D eigenvalue weighted by atomic mass is 9.75. The second-order valence-corrected chi connectivity index (χ2v) is 11.2. The van der Waals surface area contributed by atoms with Gasteiger partial charge >= 0.3 is 0 Å². The Balaban J connectivity index is 2.09. The zero-order valence-corrected chi connectivity index (χ0v) is 23.5. The summed E-state index contributed by atoms with van der Waals surface area (Å²) >= 11 is 6.43. The fraction of sp³-hybridized carbons (Fsp3) is 0.370. The highest BCUT2D eigenvalue weighted by Gasteiger charge is 2.31. The van der Waals surface area contributed by atoms with Crippen LogP contribution in [-0.2, 0) is 22.6 Å². The van der Waals surface area contributed by atoms with Gasteiger partial charge in [-0.3, -0.25) is 4.21 Å². The molecule has 0 radical (unpaired) electrons. The largest absolute Gasteiger partial charge is 0.401 e. The Morgan fingerprint density at radius 3 is 2.50 bits per heavy atom. The summed E-state index contributed by atoms with van der Waals surface area (Å²) < 4.78 is 41.7. The van der Waals surface area contributed by atoms with Crippen molar-refractivity contribution in [3.8, 4) is 5.82 Å². The molecule has 2 heterocycles. The molecule has 0 spiro atoms. The highest BCUT2D eigenvalue weighted by Crippen LogP contribution is 2.37. The molecule has 0 fully saturated rings. The molecule has 204 valence electrons. The number of halogens is 3. The molecule has 3 aromatic rings. The summed E-state index contributed by atoms with van der Waals surface area (Å²) in [5.41, 5.74) is 13.9. The third-order valence-electron chi connectivity index (χ3n) is 6.55. The van der Waals surface area contributed by atoms with E-state index in [1.165, 1.54) is 29.2 Å². The van der Waals surface area contributed by atoms with Crippen LogP contribution in [0, 0.1) is 11.6 Å². The van der Waals surface area contributed by atoms with E-state index in [-0.39, 0.29) is 16.4 Å². The van der Waals surface area contributed by atoms with Crippen LogP contribution in [0.4, 0.5) is 8.78 Å². The van der Waals surface area contributed by atoms with E-state index in [1.54, 1.807) is 18.4 Å². The summed E-state index contributed by atoms with van der Waals surface area (Å²) in [5.74, 6) is -0.0193. The maximum absolute atomic E-state index is 14.4. The summed E-state index contributed by atoms with van der Waals surface area (Å²) in [6.45, 7) is 5.96. The van der Waals surface area contributed by atoms with Crippen molar-refractivity contribution in [2.24, 2.45) is 11.5 Å². The molecular formula is C27H33ClF2N6OS. The third-order valence-corrected chi connectivity index (χ3v) is 7.53. The predicted molar refractivity (Wildman–Crippen MR) is 149 cm³/mol. The standard InChI is InChI=1S/C27H33ClF2N6OS/c1-5-8-17(13-21(31)25-19(29)9-7-10-20(25)30)26(32)27(3,6-2)18-14-22(28)34-24(15-18)36-16-33-23(35-36)11-12-38(4)37/h7,9-10,13-16H,5-6,8,11-12,31-32H2,1-4H3/b21-13-,26-17-/t27-,38?/m1/s1. The molecule has 11 heteroatoms. The number of allylic oxidation sites excluding steroid dienone is 3. The average Bonchev–Trinajstić information content (AvgIpc) is 3.35. The molecular weight excluding hydrogens is 530 g/mol. The monoisotopic (exact) mass is 562 g/mol. The van der Waals surface area contributed by atoms with Crippen LogP contribution in [0.1, 0.15) is 57.0 Å². The Bertz CT molecular complexity index is 1370. The van der Waals surface area contributed by atoms with Gasteiger partial charge in [-0.1, -0.05) is 37.9 Å². The second kappa shape index (κ2) is 12.6. The van der Waals surface area contributed by atoms with Crippen molar-refractivity contribution >= 4 is 28.1 Å². The zero-order valence-electron chi connectivity index (χ0n) is 22.0. The summed E-state index contributed by atoms with van der Waals surface area (Å²) in [7, 11) is -0.953. The fourth-order valence-corrected chi connectivity index (χ4v) is 4.84. The molecule has 0 bridgehead atoms. The molecule has 1 aromatic carbocycles. The quantitative estimate of drug-likeness (QED) is 0.245. The molecule has 0 saturated heterocycles. The van der Waals surface area contributed by atoms with Gasteiger partial charge in [0.15, 0.2) is 11.6 Å². The van der Waals surface area contributed by atoms with Gasteiger partial charge in [-0.05, 0) is 61.2 Å². The number of aromatic nitrogens is 4. The van der Waals surface area contributed by atoms with Gasteiger partial charge in [0.25, 0.3) is 0 Å². The van der Waals surface area contributed by atoms with Crippen LogP contribution in [0.15, 0.2) is 54.0 Å². The molecule has 4 N–H and O–H groups in total. The molecule has 0 saturated carbocycles. The van der Waals surface area contributed by atoms with E-state index in [1.807, 2.05) is 26.8 Å². The Kier molecular flexibility index (Phi) is 9.78. The molecule has 38 heavy (non-hydrogen) atoms. The number of rotatable bonds is 11. The average molecular weight is 563 g/mol. The van der Waals surface area contributed by atoms with Crippen molar-refractivity contribution in [3.63, 3.8) is 0 Å². The van der Waals surface area contributed by atoms with E-state index in [4.69, 9.17) is 23.1 Å². The van der Waals surface area contributed by atoms with E-state index >= 15 is 0 Å². The number of nitrogens with two attached hydrogens (primary N) is 2. The Labute approximate surface area is 229 Å². The van der Waals surface area contributed by atoms with Gasteiger partial charge in [0.2, 0.25) is 0 Å². The lowest BCUT2D eigenvalue weighted by Gasteiger charge is -2.32. The molecule has 2 atom stereocenters. The second-order valence-electron chi connectivity index (χ2n) is 9.24. The van der Waals surface area contributed by atoms with Gasteiger partial charge in [-0.15, -0.1) is 5.10 Å². The fourth-order valence-electron chi connectivity index (χ4n) is 4.17. The number of hydrogen-bond acceptors (Lipinski definition) is 6. The first-order chi connectivity index (χ1) is 18.0. The van der Waals surface area contributed by atoms with Crippen molar-refractivity contribution < 1.29 is 13.0 Å². The topological polar surface area (TPSA) is 113 Å². The van der Waals surface area contributed by atoms with Gasteiger partial charge in [0, 0.05) is 46.0 Å². The molecule has 0 aliphatic rings. The molecule has 0 aliphatic heterocycles. The molecule has 2 aromatic heterocycles. The van der Waals surface area contributed by atoms with Gasteiger partial charge < -0.3 is 11.5 Å². The van der Waals surface area contributed by atoms with Gasteiger partial charge in [-0.2, -0.15) is 0 Å². The van der Waals surface area contributed by atoms with E-state index in [9.17, 15) is 13.0 Å². The third kappa shape index (κ3) is 6.66. The van der Waals surface area contributed by atoms with Gasteiger partial charge in [-0.25, -0.2) is 23.4 Å². The van der Waals surface area contributed by atoms with E-state index < -0.39 is 27.8 Å². The highest BCUT2D eigenvalue weighted by atomic mass is 35.5. The summed E-state index contributed by atoms with van der Waals surface area (Å²) in [6, 6.07) is 7.21. The number of benzene rings is 1. The first-order valence-electron chi connectivity index (χ1n) is 12.3. The van der Waals surface area contributed by atoms with E-state index in [0.717, 1.165) is 12.0 Å². The minimum Gasteiger partial charge on any atom is -0.401 e. The normalized spacial score (nSPS) is 15.2. The molecule has 7 nitrogen and oxygen atoms in total. The van der Waals surface area contributed by atoms with Crippen LogP contribution in [0.2, 0.25) is 5.15 Å². The SMILES string of the molecule is CCCC(/C=C(\N)c1c(F)cccc1F)=C(/N)[C@](C)(CC)c1cc(Cl)nc(-n2cnc(CCS(C)=O)n2)c1. The van der Waals surface area contributed by atoms with Crippen LogP contribution >= 0.6 is 11.6 Å². The Morgan fingerprint density at radius 2 is 1.89 bits per heavy atom. The molecule has 1 unspecified atom stereocenters. The van der Waals surface area contributed by atoms with Crippen LogP contribution in [0.5, 0.6) is 0 Å². The van der Waals surface area contributed by atoms with Crippen molar-refractivity contribution in [3.05, 3.63) is 87.7 Å². The maximum atomic E-state index is 14.4. The Morgan fingerprint density at radius 1 is 1.21 bits per heavy atom. The highest BCUT2D eigenvalue weighted by molar-refractivity contribution is 7.84.